The lowest BCUT2D eigenvalue weighted by molar-refractivity contribution is 0.305. The minimum Gasteiger partial charge on any atom is -0.313 e. The molecular formula is C12H25NO2S. The largest absolute Gasteiger partial charge is 0.313 e. The third-order valence-corrected chi connectivity index (χ3v) is 4.33. The lowest BCUT2D eigenvalue weighted by atomic mass is 9.90. The van der Waals surface area contributed by atoms with Crippen LogP contribution in [-0.2, 0) is 9.84 Å². The number of hydrogen-bond acceptors (Lipinski definition) is 3. The number of rotatable bonds is 7. The van der Waals surface area contributed by atoms with Crippen LogP contribution in [0.4, 0.5) is 0 Å². The first kappa shape index (κ1) is 14.0. The zero-order valence-corrected chi connectivity index (χ0v) is 11.7. The topological polar surface area (TPSA) is 46.2 Å². The highest BCUT2D eigenvalue weighted by molar-refractivity contribution is 7.90. The summed E-state index contributed by atoms with van der Waals surface area (Å²) in [6.45, 7) is 7.39. The normalized spacial score (nSPS) is 19.8. The van der Waals surface area contributed by atoms with Gasteiger partial charge >= 0.3 is 0 Å². The fraction of sp³-hybridized carbons (Fsp3) is 1.00. The summed E-state index contributed by atoms with van der Waals surface area (Å²) >= 11 is 0. The molecule has 96 valence electrons. The first-order chi connectivity index (χ1) is 7.20. The van der Waals surface area contributed by atoms with E-state index >= 15 is 0 Å². The van der Waals surface area contributed by atoms with Gasteiger partial charge in [0.2, 0.25) is 0 Å². The molecule has 1 rings (SSSR count). The molecule has 0 aromatic rings. The van der Waals surface area contributed by atoms with Crippen molar-refractivity contribution in [3.63, 3.8) is 0 Å². The SMILES string of the molecule is CC(NCC(C)(C)CCS(C)(=O)=O)C1CC1. The summed E-state index contributed by atoms with van der Waals surface area (Å²) in [6.07, 6.45) is 4.73. The summed E-state index contributed by atoms with van der Waals surface area (Å²) in [5.41, 5.74) is 0.0617. The molecule has 1 N–H and O–H groups in total. The molecule has 1 aliphatic rings. The van der Waals surface area contributed by atoms with Crippen LogP contribution in [0.1, 0.15) is 40.0 Å². The predicted octanol–water partition coefficient (Wildman–Crippen LogP) is 1.84. The molecule has 0 radical (unpaired) electrons. The van der Waals surface area contributed by atoms with E-state index in [9.17, 15) is 8.42 Å². The summed E-state index contributed by atoms with van der Waals surface area (Å²) in [5, 5.41) is 3.53. The Labute approximate surface area is 99.9 Å². The maximum Gasteiger partial charge on any atom is 0.147 e. The van der Waals surface area contributed by atoms with Crippen molar-refractivity contribution in [2.45, 2.75) is 46.1 Å². The Balaban J connectivity index is 2.27. The van der Waals surface area contributed by atoms with Crippen LogP contribution in [0, 0.1) is 11.3 Å². The molecule has 0 amide bonds. The Morgan fingerprint density at radius 1 is 1.38 bits per heavy atom. The van der Waals surface area contributed by atoms with Crippen LogP contribution in [0.5, 0.6) is 0 Å². The van der Waals surface area contributed by atoms with Crippen LogP contribution in [0.3, 0.4) is 0 Å². The molecule has 0 bridgehead atoms. The minimum absolute atomic E-state index is 0.0617. The Bertz CT molecular complexity index is 318. The molecule has 0 saturated heterocycles. The maximum atomic E-state index is 11.1. The lowest BCUT2D eigenvalue weighted by Crippen LogP contribution is -2.37. The molecule has 4 heteroatoms. The molecule has 0 aromatic heterocycles. The summed E-state index contributed by atoms with van der Waals surface area (Å²) in [7, 11) is -2.83. The zero-order valence-electron chi connectivity index (χ0n) is 10.9. The highest BCUT2D eigenvalue weighted by atomic mass is 32.2. The molecule has 0 aromatic carbocycles. The predicted molar refractivity (Wildman–Crippen MR) is 68.3 cm³/mol. The molecule has 1 aliphatic carbocycles. The first-order valence-corrected chi connectivity index (χ1v) is 8.17. The van der Waals surface area contributed by atoms with Crippen LogP contribution in [0.15, 0.2) is 0 Å². The van der Waals surface area contributed by atoms with Gasteiger partial charge in [0.05, 0.1) is 5.75 Å². The first-order valence-electron chi connectivity index (χ1n) is 6.11. The lowest BCUT2D eigenvalue weighted by Gasteiger charge is -2.27. The van der Waals surface area contributed by atoms with Gasteiger partial charge in [0.1, 0.15) is 9.84 Å². The van der Waals surface area contributed by atoms with Crippen molar-refractivity contribution in [2.24, 2.45) is 11.3 Å². The fourth-order valence-corrected chi connectivity index (χ4v) is 2.67. The summed E-state index contributed by atoms with van der Waals surface area (Å²) in [5.74, 6) is 1.14. The van der Waals surface area contributed by atoms with E-state index in [1.807, 2.05) is 0 Å². The van der Waals surface area contributed by atoms with Crippen molar-refractivity contribution >= 4 is 9.84 Å². The average Bonchev–Trinajstić information content (AvgIpc) is 2.93. The quantitative estimate of drug-likeness (QED) is 0.746. The van der Waals surface area contributed by atoms with Gasteiger partial charge in [-0.05, 0) is 37.5 Å². The number of sulfone groups is 1. The summed E-state index contributed by atoms with van der Waals surface area (Å²) in [4.78, 5) is 0. The van der Waals surface area contributed by atoms with Gasteiger partial charge in [-0.3, -0.25) is 0 Å². The van der Waals surface area contributed by atoms with Gasteiger partial charge in [0, 0.05) is 18.8 Å². The van der Waals surface area contributed by atoms with Crippen LogP contribution in [-0.4, -0.2) is 33.0 Å². The van der Waals surface area contributed by atoms with Crippen molar-refractivity contribution in [3.05, 3.63) is 0 Å². The molecular weight excluding hydrogens is 222 g/mol. The van der Waals surface area contributed by atoms with Crippen LogP contribution in [0.2, 0.25) is 0 Å². The van der Waals surface area contributed by atoms with Crippen LogP contribution < -0.4 is 5.32 Å². The van der Waals surface area contributed by atoms with E-state index in [1.165, 1.54) is 19.1 Å². The molecule has 0 heterocycles. The molecule has 1 saturated carbocycles. The van der Waals surface area contributed by atoms with E-state index < -0.39 is 9.84 Å². The van der Waals surface area contributed by atoms with Crippen LogP contribution in [0.25, 0.3) is 0 Å². The molecule has 1 fully saturated rings. The highest BCUT2D eigenvalue weighted by Crippen LogP contribution is 2.32. The Morgan fingerprint density at radius 2 is 1.94 bits per heavy atom. The van der Waals surface area contributed by atoms with E-state index in [1.54, 1.807) is 0 Å². The minimum atomic E-state index is -2.83. The van der Waals surface area contributed by atoms with Gasteiger partial charge in [-0.2, -0.15) is 0 Å². The Hall–Kier alpha value is -0.0900. The van der Waals surface area contributed by atoms with Gasteiger partial charge in [-0.15, -0.1) is 0 Å². The molecule has 1 unspecified atom stereocenters. The second-order valence-electron chi connectivity index (χ2n) is 6.05. The smallest absolute Gasteiger partial charge is 0.147 e. The monoisotopic (exact) mass is 247 g/mol. The maximum absolute atomic E-state index is 11.1. The fourth-order valence-electron chi connectivity index (χ4n) is 1.75. The van der Waals surface area contributed by atoms with Crippen molar-refractivity contribution in [1.82, 2.24) is 5.32 Å². The van der Waals surface area contributed by atoms with Crippen molar-refractivity contribution < 1.29 is 8.42 Å². The van der Waals surface area contributed by atoms with Gasteiger partial charge in [0.25, 0.3) is 0 Å². The standard InChI is InChI=1S/C12H25NO2S/c1-10(11-5-6-11)13-9-12(2,3)7-8-16(4,14)15/h10-11,13H,5-9H2,1-4H3. The van der Waals surface area contributed by atoms with Gasteiger partial charge in [-0.1, -0.05) is 13.8 Å². The van der Waals surface area contributed by atoms with Gasteiger partial charge < -0.3 is 5.32 Å². The van der Waals surface area contributed by atoms with Crippen molar-refractivity contribution in [2.75, 3.05) is 18.6 Å². The zero-order chi connectivity index (χ0) is 12.4. The van der Waals surface area contributed by atoms with Crippen LogP contribution >= 0.6 is 0 Å². The molecule has 1 atom stereocenters. The Kier molecular flexibility index (Phi) is 4.41. The second kappa shape index (κ2) is 5.05. The summed E-state index contributed by atoms with van der Waals surface area (Å²) in [6, 6.07) is 0.581. The third kappa shape index (κ3) is 5.85. The molecule has 16 heavy (non-hydrogen) atoms. The van der Waals surface area contributed by atoms with Crippen molar-refractivity contribution in [1.29, 1.82) is 0 Å². The molecule has 0 aliphatic heterocycles. The van der Waals surface area contributed by atoms with E-state index in [4.69, 9.17) is 0 Å². The van der Waals surface area contributed by atoms with E-state index in [-0.39, 0.29) is 5.41 Å². The van der Waals surface area contributed by atoms with E-state index in [0.717, 1.165) is 18.9 Å². The average molecular weight is 247 g/mol. The Morgan fingerprint density at radius 3 is 2.38 bits per heavy atom. The second-order valence-corrected chi connectivity index (χ2v) is 8.31. The molecule has 3 nitrogen and oxygen atoms in total. The third-order valence-electron chi connectivity index (χ3n) is 3.38. The highest BCUT2D eigenvalue weighted by Gasteiger charge is 2.29. The van der Waals surface area contributed by atoms with E-state index in [0.29, 0.717) is 11.8 Å². The summed E-state index contributed by atoms with van der Waals surface area (Å²) < 4.78 is 22.2. The molecule has 0 spiro atoms. The number of nitrogens with one attached hydrogen (secondary N) is 1. The van der Waals surface area contributed by atoms with Gasteiger partial charge in [0.15, 0.2) is 0 Å². The number of hydrogen-bond donors (Lipinski definition) is 1. The van der Waals surface area contributed by atoms with Crippen molar-refractivity contribution in [3.8, 4) is 0 Å². The van der Waals surface area contributed by atoms with E-state index in [2.05, 4.69) is 26.1 Å². The van der Waals surface area contributed by atoms with Gasteiger partial charge in [-0.25, -0.2) is 8.42 Å².